The summed E-state index contributed by atoms with van der Waals surface area (Å²) in [6.45, 7) is 12.6. The summed E-state index contributed by atoms with van der Waals surface area (Å²) >= 11 is 0. The van der Waals surface area contributed by atoms with E-state index >= 15 is 0 Å². The highest BCUT2D eigenvalue weighted by Gasteiger charge is 2.29. The fourth-order valence-corrected chi connectivity index (χ4v) is 5.91. The number of benzene rings is 2. The Balaban J connectivity index is 0.909. The summed E-state index contributed by atoms with van der Waals surface area (Å²) in [5.74, 6) is -0.835. The maximum Gasteiger partial charge on any atom is 0.407 e. The van der Waals surface area contributed by atoms with E-state index in [1.54, 1.807) is 0 Å². The standard InChI is InChI=1S/C45H71NO17/c47-44(48)10-13-51-15-17-53-19-21-55-23-25-57-27-29-59-31-33-61-35-37-62-36-34-60-32-30-58-28-26-56-24-22-54-20-18-52-16-14-50-12-5-11-46-45(49)63-38-43-41-8-3-1-6-39(41)40-7-2-4-9-42(40)43/h1-4,6-9,43H,5,10-38H2,(H,46,49)(H,47,48). The molecule has 0 saturated carbocycles. The topological polar surface area (TPSA) is 196 Å². The number of carbonyl (C=O) groups is 2. The first kappa shape index (κ1) is 54.0. The van der Waals surface area contributed by atoms with Crippen LogP contribution in [0.1, 0.15) is 29.9 Å². The average molecular weight is 898 g/mol. The van der Waals surface area contributed by atoms with Gasteiger partial charge in [-0.1, -0.05) is 48.5 Å². The van der Waals surface area contributed by atoms with Gasteiger partial charge < -0.3 is 76.7 Å². The van der Waals surface area contributed by atoms with E-state index in [1.807, 2.05) is 24.3 Å². The molecule has 1 amide bonds. The van der Waals surface area contributed by atoms with Crippen molar-refractivity contribution in [2.75, 3.05) is 185 Å². The number of rotatable bonds is 45. The molecule has 2 aromatic rings. The molecule has 0 aliphatic heterocycles. The zero-order chi connectivity index (χ0) is 44.5. The lowest BCUT2D eigenvalue weighted by atomic mass is 9.98. The molecule has 63 heavy (non-hydrogen) atoms. The van der Waals surface area contributed by atoms with Gasteiger partial charge in [-0.3, -0.25) is 4.79 Å². The second-order valence-electron chi connectivity index (χ2n) is 13.7. The lowest BCUT2D eigenvalue weighted by Crippen LogP contribution is -2.27. The first-order valence-corrected chi connectivity index (χ1v) is 22.0. The molecule has 0 radical (unpaired) electrons. The third kappa shape index (κ3) is 28.2. The number of nitrogens with one attached hydrogen (secondary N) is 1. The van der Waals surface area contributed by atoms with Gasteiger partial charge in [0.05, 0.1) is 172 Å². The SMILES string of the molecule is O=C(O)CCOCCOCCOCCOCCOCCOCCOCCOCCOCCOCCOCCOCCOCCCNC(=O)OCC1c2ccccc2-c2ccccc21. The van der Waals surface area contributed by atoms with E-state index in [2.05, 4.69) is 29.6 Å². The first-order valence-electron chi connectivity index (χ1n) is 22.0. The van der Waals surface area contributed by atoms with Crippen molar-refractivity contribution in [2.24, 2.45) is 0 Å². The van der Waals surface area contributed by atoms with Crippen molar-refractivity contribution in [2.45, 2.75) is 18.8 Å². The quantitative estimate of drug-likeness (QED) is 0.0915. The number of amides is 1. The van der Waals surface area contributed by atoms with Crippen molar-refractivity contribution in [1.29, 1.82) is 0 Å². The summed E-state index contributed by atoms with van der Waals surface area (Å²) in [7, 11) is 0. The van der Waals surface area contributed by atoms with Gasteiger partial charge in [0, 0.05) is 19.1 Å². The van der Waals surface area contributed by atoms with Crippen LogP contribution in [0.25, 0.3) is 11.1 Å². The van der Waals surface area contributed by atoms with E-state index in [4.69, 9.17) is 71.4 Å². The van der Waals surface area contributed by atoms with Crippen LogP contribution in [0.2, 0.25) is 0 Å². The minimum atomic E-state index is -0.878. The molecule has 2 N–H and O–H groups in total. The molecule has 1 aliphatic carbocycles. The fourth-order valence-electron chi connectivity index (χ4n) is 5.91. The Bertz CT molecular complexity index is 1360. The smallest absolute Gasteiger partial charge is 0.407 e. The number of hydrogen-bond donors (Lipinski definition) is 2. The van der Waals surface area contributed by atoms with Gasteiger partial charge in [0.15, 0.2) is 0 Å². The molecule has 0 unspecified atom stereocenters. The minimum Gasteiger partial charge on any atom is -0.481 e. The normalized spacial score (nSPS) is 12.1. The zero-order valence-corrected chi connectivity index (χ0v) is 36.9. The summed E-state index contributed by atoms with van der Waals surface area (Å²) in [6, 6.07) is 16.5. The van der Waals surface area contributed by atoms with E-state index < -0.39 is 12.1 Å². The molecule has 0 fully saturated rings. The Kier molecular flexibility index (Phi) is 33.5. The van der Waals surface area contributed by atoms with Crippen molar-refractivity contribution in [3.8, 4) is 11.1 Å². The Hall–Kier alpha value is -3.34. The van der Waals surface area contributed by atoms with E-state index in [9.17, 15) is 9.59 Å². The van der Waals surface area contributed by atoms with Crippen LogP contribution in [0.15, 0.2) is 48.5 Å². The molecule has 0 saturated heterocycles. The Morgan fingerprint density at radius 3 is 1.02 bits per heavy atom. The monoisotopic (exact) mass is 897 g/mol. The molecule has 0 aromatic heterocycles. The number of fused-ring (bicyclic) bond motifs is 3. The maximum atomic E-state index is 12.3. The van der Waals surface area contributed by atoms with Crippen LogP contribution in [0.5, 0.6) is 0 Å². The van der Waals surface area contributed by atoms with Crippen LogP contribution in [0.4, 0.5) is 4.79 Å². The van der Waals surface area contributed by atoms with Crippen molar-refractivity contribution >= 4 is 12.1 Å². The number of carboxylic acids is 1. The van der Waals surface area contributed by atoms with Crippen LogP contribution < -0.4 is 5.32 Å². The summed E-state index contributed by atoms with van der Waals surface area (Å²) in [6.07, 6.45) is 0.249. The summed E-state index contributed by atoms with van der Waals surface area (Å²) < 4.78 is 76.5. The molecule has 18 heteroatoms. The average Bonchev–Trinajstić information content (AvgIpc) is 3.61. The number of carbonyl (C=O) groups excluding carboxylic acids is 1. The van der Waals surface area contributed by atoms with Crippen LogP contribution in [0.3, 0.4) is 0 Å². The van der Waals surface area contributed by atoms with Gasteiger partial charge in [0.1, 0.15) is 6.61 Å². The van der Waals surface area contributed by atoms with Crippen LogP contribution in [-0.2, 0) is 71.1 Å². The van der Waals surface area contributed by atoms with Crippen LogP contribution in [0, 0.1) is 0 Å². The van der Waals surface area contributed by atoms with Crippen molar-refractivity contribution in [3.63, 3.8) is 0 Å². The second-order valence-corrected chi connectivity index (χ2v) is 13.7. The minimum absolute atomic E-state index is 0.00800. The highest BCUT2D eigenvalue weighted by atomic mass is 16.6. The van der Waals surface area contributed by atoms with Crippen molar-refractivity contribution < 1.29 is 81.0 Å². The molecular formula is C45H71NO17. The number of aliphatic carboxylic acids is 1. The van der Waals surface area contributed by atoms with Gasteiger partial charge in [-0.05, 0) is 28.7 Å². The van der Waals surface area contributed by atoms with Gasteiger partial charge in [0.25, 0.3) is 0 Å². The largest absolute Gasteiger partial charge is 0.481 e. The summed E-state index contributed by atoms with van der Waals surface area (Å²) in [5, 5.41) is 11.3. The summed E-state index contributed by atoms with van der Waals surface area (Å²) in [5.41, 5.74) is 4.79. The van der Waals surface area contributed by atoms with Gasteiger partial charge in [0.2, 0.25) is 0 Å². The predicted octanol–water partition coefficient (Wildman–Crippen LogP) is 3.61. The lowest BCUT2D eigenvalue weighted by molar-refractivity contribution is -0.138. The van der Waals surface area contributed by atoms with Gasteiger partial charge in [-0.2, -0.15) is 0 Å². The maximum absolute atomic E-state index is 12.3. The molecule has 358 valence electrons. The third-order valence-corrected chi connectivity index (χ3v) is 9.00. The van der Waals surface area contributed by atoms with E-state index in [0.717, 1.165) is 0 Å². The lowest BCUT2D eigenvalue weighted by Gasteiger charge is -2.14. The number of ether oxygens (including phenoxy) is 14. The predicted molar refractivity (Wildman–Crippen MR) is 231 cm³/mol. The molecular weight excluding hydrogens is 826 g/mol. The van der Waals surface area contributed by atoms with E-state index in [0.29, 0.717) is 185 Å². The molecule has 3 rings (SSSR count). The first-order chi connectivity index (χ1) is 31.2. The molecule has 0 spiro atoms. The fraction of sp³-hybridized carbons (Fsp3) is 0.689. The zero-order valence-electron chi connectivity index (χ0n) is 36.9. The Morgan fingerprint density at radius 1 is 0.413 bits per heavy atom. The second kappa shape index (κ2) is 39.1. The van der Waals surface area contributed by atoms with Crippen LogP contribution in [-0.4, -0.2) is 202 Å². The number of hydrogen-bond acceptors (Lipinski definition) is 16. The molecule has 0 bridgehead atoms. The Morgan fingerprint density at radius 2 is 0.698 bits per heavy atom. The molecule has 18 nitrogen and oxygen atoms in total. The van der Waals surface area contributed by atoms with Gasteiger partial charge in [-0.25, -0.2) is 4.79 Å². The number of alkyl carbamates (subject to hydrolysis) is 1. The highest BCUT2D eigenvalue weighted by molar-refractivity contribution is 5.79. The Labute approximate surface area is 372 Å². The van der Waals surface area contributed by atoms with E-state index in [1.165, 1.54) is 22.3 Å². The van der Waals surface area contributed by atoms with Crippen molar-refractivity contribution in [1.82, 2.24) is 5.32 Å². The highest BCUT2D eigenvalue weighted by Crippen LogP contribution is 2.44. The van der Waals surface area contributed by atoms with E-state index in [-0.39, 0.29) is 18.9 Å². The van der Waals surface area contributed by atoms with Crippen LogP contribution >= 0.6 is 0 Å². The molecule has 1 aliphatic rings. The van der Waals surface area contributed by atoms with Crippen molar-refractivity contribution in [3.05, 3.63) is 59.7 Å². The third-order valence-electron chi connectivity index (χ3n) is 9.00. The molecule has 0 heterocycles. The molecule has 2 aromatic carbocycles. The summed E-state index contributed by atoms with van der Waals surface area (Å²) in [4.78, 5) is 22.6. The van der Waals surface area contributed by atoms with Gasteiger partial charge in [-0.15, -0.1) is 0 Å². The number of carboxylic acid groups (broad SMARTS) is 1. The molecule has 0 atom stereocenters. The van der Waals surface area contributed by atoms with Gasteiger partial charge >= 0.3 is 12.1 Å².